The topological polar surface area (TPSA) is 93.2 Å². The fourth-order valence-electron chi connectivity index (χ4n) is 1.94. The van der Waals surface area contributed by atoms with Crippen LogP contribution in [0, 0.1) is 0 Å². The Balaban J connectivity index is 1.97. The van der Waals surface area contributed by atoms with E-state index >= 15 is 0 Å². The molecule has 1 saturated heterocycles. The number of carbonyl (C=O) groups excluding carboxylic acids is 2. The van der Waals surface area contributed by atoms with Crippen molar-refractivity contribution in [2.75, 3.05) is 20.1 Å². The summed E-state index contributed by atoms with van der Waals surface area (Å²) in [5.41, 5.74) is 5.72. The molecular weight excluding hydrogens is 234 g/mol. The highest BCUT2D eigenvalue weighted by molar-refractivity contribution is 5.96. The Bertz CT molecular complexity index is 456. The average Bonchev–Trinajstić information content (AvgIpc) is 2.92. The standard InChI is InChI=1S/C11H17N5O2/c1-15-4-2-8(11(15)18)14-10(17)9-6-16(5-3-12)7-13-9/h6-8H,2-5,12H2,1H3,(H,14,17). The van der Waals surface area contributed by atoms with Gasteiger partial charge in [-0.2, -0.15) is 0 Å². The van der Waals surface area contributed by atoms with Crippen LogP contribution >= 0.6 is 0 Å². The molecule has 7 heteroatoms. The smallest absolute Gasteiger partial charge is 0.272 e. The first-order valence-corrected chi connectivity index (χ1v) is 5.89. The van der Waals surface area contributed by atoms with E-state index in [1.165, 1.54) is 0 Å². The summed E-state index contributed by atoms with van der Waals surface area (Å²) in [7, 11) is 1.73. The third kappa shape index (κ3) is 2.51. The summed E-state index contributed by atoms with van der Waals surface area (Å²) >= 11 is 0. The molecule has 2 heterocycles. The van der Waals surface area contributed by atoms with Crippen molar-refractivity contribution in [2.24, 2.45) is 5.73 Å². The van der Waals surface area contributed by atoms with Crippen LogP contribution in [0.2, 0.25) is 0 Å². The van der Waals surface area contributed by atoms with Crippen molar-refractivity contribution in [3.05, 3.63) is 18.2 Å². The third-order valence-electron chi connectivity index (χ3n) is 2.99. The Morgan fingerprint density at radius 3 is 3.06 bits per heavy atom. The van der Waals surface area contributed by atoms with Crippen LogP contribution in [-0.2, 0) is 11.3 Å². The van der Waals surface area contributed by atoms with Gasteiger partial charge in [-0.25, -0.2) is 4.98 Å². The molecule has 0 saturated carbocycles. The molecule has 7 nitrogen and oxygen atoms in total. The lowest BCUT2D eigenvalue weighted by molar-refractivity contribution is -0.128. The Labute approximate surface area is 105 Å². The summed E-state index contributed by atoms with van der Waals surface area (Å²) in [5.74, 6) is -0.371. The zero-order chi connectivity index (χ0) is 13.1. The van der Waals surface area contributed by atoms with Gasteiger partial charge in [-0.1, -0.05) is 0 Å². The first kappa shape index (κ1) is 12.6. The minimum atomic E-state index is -0.429. The maximum absolute atomic E-state index is 11.9. The Hall–Kier alpha value is -1.89. The fraction of sp³-hybridized carbons (Fsp3) is 0.545. The molecule has 1 aromatic rings. The molecule has 0 spiro atoms. The second kappa shape index (κ2) is 5.18. The number of imidazole rings is 1. The summed E-state index contributed by atoms with van der Waals surface area (Å²) in [6.45, 7) is 1.78. The van der Waals surface area contributed by atoms with Gasteiger partial charge in [0.05, 0.1) is 6.33 Å². The minimum Gasteiger partial charge on any atom is -0.344 e. The lowest BCUT2D eigenvalue weighted by atomic mass is 10.2. The number of amides is 2. The molecule has 98 valence electrons. The van der Waals surface area contributed by atoms with Crippen LogP contribution < -0.4 is 11.1 Å². The van der Waals surface area contributed by atoms with E-state index in [0.29, 0.717) is 31.7 Å². The quantitative estimate of drug-likeness (QED) is 0.703. The third-order valence-corrected chi connectivity index (χ3v) is 2.99. The number of likely N-dealkylation sites (tertiary alicyclic amines) is 1. The van der Waals surface area contributed by atoms with E-state index in [4.69, 9.17) is 5.73 Å². The number of nitrogens with zero attached hydrogens (tertiary/aromatic N) is 3. The monoisotopic (exact) mass is 251 g/mol. The summed E-state index contributed by atoms with van der Waals surface area (Å²) in [5, 5.41) is 2.69. The molecule has 18 heavy (non-hydrogen) atoms. The number of aromatic nitrogens is 2. The Morgan fingerprint density at radius 1 is 1.67 bits per heavy atom. The highest BCUT2D eigenvalue weighted by atomic mass is 16.2. The van der Waals surface area contributed by atoms with Crippen LogP contribution in [-0.4, -0.2) is 52.4 Å². The molecule has 0 aliphatic carbocycles. The SMILES string of the molecule is CN1CCC(NC(=O)c2cn(CCN)cn2)C1=O. The van der Waals surface area contributed by atoms with Crippen molar-refractivity contribution in [3.8, 4) is 0 Å². The lowest BCUT2D eigenvalue weighted by Gasteiger charge is -2.11. The predicted molar refractivity (Wildman–Crippen MR) is 64.8 cm³/mol. The molecule has 1 fully saturated rings. The number of nitrogens with two attached hydrogens (primary N) is 1. The fourth-order valence-corrected chi connectivity index (χ4v) is 1.94. The molecule has 2 rings (SSSR count). The first-order chi connectivity index (χ1) is 8.61. The molecule has 0 radical (unpaired) electrons. The highest BCUT2D eigenvalue weighted by Gasteiger charge is 2.30. The Morgan fingerprint density at radius 2 is 2.44 bits per heavy atom. The molecule has 1 unspecified atom stereocenters. The van der Waals surface area contributed by atoms with Crippen molar-refractivity contribution in [2.45, 2.75) is 19.0 Å². The normalized spacial score (nSPS) is 19.3. The molecule has 0 aromatic carbocycles. The van der Waals surface area contributed by atoms with E-state index < -0.39 is 6.04 Å². The van der Waals surface area contributed by atoms with E-state index in [1.807, 2.05) is 0 Å². The first-order valence-electron chi connectivity index (χ1n) is 5.89. The van der Waals surface area contributed by atoms with Crippen LogP contribution in [0.5, 0.6) is 0 Å². The molecule has 1 aliphatic rings. The van der Waals surface area contributed by atoms with Gasteiger partial charge in [0, 0.05) is 32.9 Å². The van der Waals surface area contributed by atoms with Gasteiger partial charge in [-0.15, -0.1) is 0 Å². The van der Waals surface area contributed by atoms with Crippen molar-refractivity contribution < 1.29 is 9.59 Å². The van der Waals surface area contributed by atoms with Gasteiger partial charge in [0.1, 0.15) is 11.7 Å². The summed E-state index contributed by atoms with van der Waals surface area (Å²) < 4.78 is 1.75. The predicted octanol–water partition coefficient (Wildman–Crippen LogP) is -1.20. The number of hydrogen-bond donors (Lipinski definition) is 2. The van der Waals surface area contributed by atoms with Crippen LogP contribution in [0.4, 0.5) is 0 Å². The van der Waals surface area contributed by atoms with Gasteiger partial charge in [0.2, 0.25) is 5.91 Å². The van der Waals surface area contributed by atoms with Crippen LogP contribution in [0.25, 0.3) is 0 Å². The maximum atomic E-state index is 11.9. The van der Waals surface area contributed by atoms with Gasteiger partial charge in [0.25, 0.3) is 5.91 Å². The second-order valence-electron chi connectivity index (χ2n) is 4.36. The summed E-state index contributed by atoms with van der Waals surface area (Å²) in [4.78, 5) is 29.1. The average molecular weight is 251 g/mol. The number of nitrogens with one attached hydrogen (secondary N) is 1. The van der Waals surface area contributed by atoms with Gasteiger partial charge >= 0.3 is 0 Å². The minimum absolute atomic E-state index is 0.0512. The largest absolute Gasteiger partial charge is 0.344 e. The molecular formula is C11H17N5O2. The molecule has 1 aromatic heterocycles. The summed E-state index contributed by atoms with van der Waals surface area (Å²) in [6.07, 6.45) is 3.83. The molecule has 1 atom stereocenters. The molecule has 2 amide bonds. The van der Waals surface area contributed by atoms with Crippen LogP contribution in [0.3, 0.4) is 0 Å². The van der Waals surface area contributed by atoms with E-state index in [9.17, 15) is 9.59 Å². The molecule has 0 bridgehead atoms. The van der Waals surface area contributed by atoms with Crippen molar-refractivity contribution in [1.82, 2.24) is 19.8 Å². The van der Waals surface area contributed by atoms with E-state index in [-0.39, 0.29) is 11.8 Å². The zero-order valence-electron chi connectivity index (χ0n) is 10.3. The van der Waals surface area contributed by atoms with Crippen molar-refractivity contribution in [3.63, 3.8) is 0 Å². The maximum Gasteiger partial charge on any atom is 0.272 e. The van der Waals surface area contributed by atoms with Crippen LogP contribution in [0.1, 0.15) is 16.9 Å². The van der Waals surface area contributed by atoms with Gasteiger partial charge < -0.3 is 20.5 Å². The number of hydrogen-bond acceptors (Lipinski definition) is 4. The molecule has 3 N–H and O–H groups in total. The molecule has 1 aliphatic heterocycles. The van der Waals surface area contributed by atoms with Crippen LogP contribution in [0.15, 0.2) is 12.5 Å². The Kier molecular flexibility index (Phi) is 3.61. The number of likely N-dealkylation sites (N-methyl/N-ethyl adjacent to an activating group) is 1. The van der Waals surface area contributed by atoms with E-state index in [2.05, 4.69) is 10.3 Å². The highest BCUT2D eigenvalue weighted by Crippen LogP contribution is 2.09. The van der Waals surface area contributed by atoms with Gasteiger partial charge in [0.15, 0.2) is 0 Å². The van der Waals surface area contributed by atoms with Crippen molar-refractivity contribution in [1.29, 1.82) is 0 Å². The summed E-state index contributed by atoms with van der Waals surface area (Å²) in [6, 6.07) is -0.429. The number of carbonyl (C=O) groups is 2. The van der Waals surface area contributed by atoms with Crippen molar-refractivity contribution >= 4 is 11.8 Å². The lowest BCUT2D eigenvalue weighted by Crippen LogP contribution is -2.40. The van der Waals surface area contributed by atoms with Gasteiger partial charge in [-0.05, 0) is 6.42 Å². The van der Waals surface area contributed by atoms with E-state index in [1.54, 1.807) is 29.0 Å². The zero-order valence-corrected chi connectivity index (χ0v) is 10.3. The second-order valence-corrected chi connectivity index (χ2v) is 4.36. The van der Waals surface area contributed by atoms with E-state index in [0.717, 1.165) is 0 Å². The van der Waals surface area contributed by atoms with Gasteiger partial charge in [-0.3, -0.25) is 9.59 Å². The number of rotatable bonds is 4.